The predicted molar refractivity (Wildman–Crippen MR) is 122 cm³/mol. The average molecular weight is 434 g/mol. The Kier molecular flexibility index (Phi) is 6.34. The third-order valence-corrected chi connectivity index (χ3v) is 6.28. The molecule has 1 aromatic carbocycles. The second-order valence-electron chi connectivity index (χ2n) is 9.05. The highest BCUT2D eigenvalue weighted by molar-refractivity contribution is 6.32. The molecule has 164 valence electrons. The molecule has 0 bridgehead atoms. The number of halogens is 1. The summed E-state index contributed by atoms with van der Waals surface area (Å²) in [5.41, 5.74) is 0.898. The first-order valence-corrected chi connectivity index (χ1v) is 10.4. The van der Waals surface area contributed by atoms with Crippen LogP contribution in [0.3, 0.4) is 0 Å². The fourth-order valence-corrected chi connectivity index (χ4v) is 4.35. The molecule has 0 spiro atoms. The number of ether oxygens (including phenoxy) is 2. The highest BCUT2D eigenvalue weighted by Crippen LogP contribution is 2.38. The largest absolute Gasteiger partial charge is 0.497 e. The number of likely N-dealkylation sites (tertiary alicyclic amines) is 1. The lowest BCUT2D eigenvalue weighted by atomic mass is 9.77. The summed E-state index contributed by atoms with van der Waals surface area (Å²) in [5, 5.41) is 7.26. The van der Waals surface area contributed by atoms with Crippen molar-refractivity contribution in [3.63, 3.8) is 0 Å². The zero-order valence-electron chi connectivity index (χ0n) is 18.8. The molecule has 1 aliphatic heterocycles. The zero-order chi connectivity index (χ0) is 22.1. The average Bonchev–Trinajstić information content (AvgIpc) is 2.68. The van der Waals surface area contributed by atoms with Crippen LogP contribution in [0.1, 0.15) is 40.5 Å². The molecule has 1 fully saturated rings. The highest BCUT2D eigenvalue weighted by atomic mass is 35.5. The quantitative estimate of drug-likeness (QED) is 0.667. The maximum absolute atomic E-state index is 6.42. The number of benzene rings is 1. The minimum absolute atomic E-state index is 0.0666. The summed E-state index contributed by atoms with van der Waals surface area (Å²) >= 11 is 6.42. The molecule has 7 nitrogen and oxygen atoms in total. The van der Waals surface area contributed by atoms with Crippen LogP contribution in [0.2, 0.25) is 5.02 Å². The van der Waals surface area contributed by atoms with Gasteiger partial charge in [0.15, 0.2) is 5.82 Å². The number of hydrogen-bond donors (Lipinski definition) is 2. The van der Waals surface area contributed by atoms with Crippen molar-refractivity contribution in [2.45, 2.75) is 57.7 Å². The number of aromatic nitrogens is 2. The Hall–Kier alpha value is -2.25. The lowest BCUT2D eigenvalue weighted by molar-refractivity contribution is -0.00772. The normalized spacial score (nSPS) is 18.7. The number of nitrogens with one attached hydrogen (secondary N) is 2. The van der Waals surface area contributed by atoms with Gasteiger partial charge in [-0.05, 0) is 47.6 Å². The van der Waals surface area contributed by atoms with Crippen LogP contribution in [-0.4, -0.2) is 53.3 Å². The van der Waals surface area contributed by atoms with E-state index >= 15 is 0 Å². The van der Waals surface area contributed by atoms with Gasteiger partial charge in [-0.3, -0.25) is 4.90 Å². The van der Waals surface area contributed by atoms with Gasteiger partial charge >= 0.3 is 0 Å². The Bertz CT molecular complexity index is 863. The second-order valence-corrected chi connectivity index (χ2v) is 9.46. The maximum atomic E-state index is 6.42. The third kappa shape index (κ3) is 4.90. The van der Waals surface area contributed by atoms with Crippen LogP contribution in [0, 0.1) is 0 Å². The lowest BCUT2D eigenvalue weighted by Crippen LogP contribution is -2.61. The van der Waals surface area contributed by atoms with E-state index in [4.69, 9.17) is 21.1 Å². The van der Waals surface area contributed by atoms with Gasteiger partial charge in [-0.15, -0.1) is 0 Å². The van der Waals surface area contributed by atoms with Crippen molar-refractivity contribution in [2.75, 3.05) is 31.9 Å². The van der Waals surface area contributed by atoms with Crippen LogP contribution in [0.15, 0.2) is 24.4 Å². The van der Waals surface area contributed by atoms with Gasteiger partial charge in [-0.2, -0.15) is 4.98 Å². The van der Waals surface area contributed by atoms with E-state index in [1.807, 2.05) is 18.2 Å². The Morgan fingerprint density at radius 3 is 2.13 bits per heavy atom. The number of anilines is 3. The van der Waals surface area contributed by atoms with E-state index < -0.39 is 0 Å². The number of nitrogens with zero attached hydrogens (tertiary/aromatic N) is 3. The van der Waals surface area contributed by atoms with Crippen molar-refractivity contribution >= 4 is 29.1 Å². The summed E-state index contributed by atoms with van der Waals surface area (Å²) in [7, 11) is 5.42. The fraction of sp³-hybridized carbons (Fsp3) is 0.545. The van der Waals surface area contributed by atoms with Gasteiger partial charge in [0.2, 0.25) is 5.95 Å². The summed E-state index contributed by atoms with van der Waals surface area (Å²) in [4.78, 5) is 11.4. The van der Waals surface area contributed by atoms with E-state index in [-0.39, 0.29) is 17.1 Å². The molecule has 3 rings (SSSR count). The highest BCUT2D eigenvalue weighted by Gasteiger charge is 2.43. The van der Waals surface area contributed by atoms with Crippen LogP contribution in [-0.2, 0) is 0 Å². The molecule has 2 aromatic rings. The molecule has 0 amide bonds. The summed E-state index contributed by atoms with van der Waals surface area (Å²) in [6, 6.07) is 5.78. The topological polar surface area (TPSA) is 71.5 Å². The molecule has 2 heterocycles. The second kappa shape index (κ2) is 8.47. The lowest BCUT2D eigenvalue weighted by Gasteiger charge is -2.53. The molecular weight excluding hydrogens is 402 g/mol. The molecule has 0 unspecified atom stereocenters. The number of hydrogen-bond acceptors (Lipinski definition) is 7. The summed E-state index contributed by atoms with van der Waals surface area (Å²) in [6.45, 7) is 9.08. The van der Waals surface area contributed by atoms with E-state index in [1.165, 1.54) is 0 Å². The minimum atomic E-state index is 0.0666. The van der Waals surface area contributed by atoms with Crippen LogP contribution >= 0.6 is 11.6 Å². The predicted octanol–water partition coefficient (Wildman–Crippen LogP) is 4.95. The van der Waals surface area contributed by atoms with Crippen molar-refractivity contribution in [1.29, 1.82) is 0 Å². The van der Waals surface area contributed by atoms with Gasteiger partial charge in [0.05, 0.1) is 20.4 Å². The van der Waals surface area contributed by atoms with Crippen LogP contribution < -0.4 is 20.1 Å². The Morgan fingerprint density at radius 2 is 1.60 bits per heavy atom. The van der Waals surface area contributed by atoms with Gasteiger partial charge in [-0.25, -0.2) is 4.98 Å². The first-order valence-electron chi connectivity index (χ1n) is 10.1. The van der Waals surface area contributed by atoms with Crippen LogP contribution in [0.25, 0.3) is 0 Å². The summed E-state index contributed by atoms with van der Waals surface area (Å²) in [5.74, 6) is 2.44. The number of piperidine rings is 1. The van der Waals surface area contributed by atoms with Crippen molar-refractivity contribution in [3.8, 4) is 11.5 Å². The van der Waals surface area contributed by atoms with Crippen molar-refractivity contribution in [1.82, 2.24) is 14.9 Å². The molecule has 0 radical (unpaired) electrons. The van der Waals surface area contributed by atoms with Gasteiger partial charge in [0.1, 0.15) is 16.5 Å². The van der Waals surface area contributed by atoms with Gasteiger partial charge < -0.3 is 20.1 Å². The molecule has 0 atom stereocenters. The standard InChI is InChI=1S/C22H32ClN5O2/c1-21(2)11-15(12-22(3,4)28(21)5)25-19-18(23)13-24-20(27-19)26-14-8-16(29-6)10-17(9-14)30-7/h8-10,13,15H,11-12H2,1-7H3,(H2,24,25,26,27). The maximum Gasteiger partial charge on any atom is 0.229 e. The van der Waals surface area contributed by atoms with Crippen molar-refractivity contribution in [3.05, 3.63) is 29.4 Å². The number of rotatable bonds is 6. The molecular formula is C22H32ClN5O2. The first kappa shape index (κ1) is 22.4. The molecule has 30 heavy (non-hydrogen) atoms. The Balaban J connectivity index is 1.81. The smallest absolute Gasteiger partial charge is 0.229 e. The molecule has 1 saturated heterocycles. The molecule has 1 aromatic heterocycles. The van der Waals surface area contributed by atoms with Crippen LogP contribution in [0.5, 0.6) is 11.5 Å². The Morgan fingerprint density at radius 1 is 1.03 bits per heavy atom. The van der Waals surface area contributed by atoms with E-state index in [2.05, 4.69) is 60.2 Å². The molecule has 0 saturated carbocycles. The van der Waals surface area contributed by atoms with E-state index in [1.54, 1.807) is 20.4 Å². The van der Waals surface area contributed by atoms with Gasteiger partial charge in [-0.1, -0.05) is 11.6 Å². The van der Waals surface area contributed by atoms with Crippen LogP contribution in [0.4, 0.5) is 17.5 Å². The van der Waals surface area contributed by atoms with E-state index in [0.717, 1.165) is 18.5 Å². The minimum Gasteiger partial charge on any atom is -0.497 e. The number of methoxy groups -OCH3 is 2. The first-order chi connectivity index (χ1) is 14.0. The van der Waals surface area contributed by atoms with Gasteiger partial charge in [0, 0.05) is 41.0 Å². The fourth-order valence-electron chi connectivity index (χ4n) is 4.20. The van der Waals surface area contributed by atoms with E-state index in [9.17, 15) is 0 Å². The van der Waals surface area contributed by atoms with Gasteiger partial charge in [0.25, 0.3) is 0 Å². The zero-order valence-corrected chi connectivity index (χ0v) is 19.6. The van der Waals surface area contributed by atoms with Crippen molar-refractivity contribution < 1.29 is 9.47 Å². The molecule has 0 aliphatic carbocycles. The molecule has 1 aliphatic rings. The monoisotopic (exact) mass is 433 g/mol. The third-order valence-electron chi connectivity index (χ3n) is 6.00. The summed E-state index contributed by atoms with van der Waals surface area (Å²) in [6.07, 6.45) is 3.59. The van der Waals surface area contributed by atoms with E-state index in [0.29, 0.717) is 28.3 Å². The SMILES string of the molecule is COc1cc(Nc2ncc(Cl)c(NC3CC(C)(C)N(C)C(C)(C)C3)n2)cc(OC)c1. The summed E-state index contributed by atoms with van der Waals surface area (Å²) < 4.78 is 10.7. The Labute approximate surface area is 184 Å². The molecule has 8 heteroatoms. The molecule has 2 N–H and O–H groups in total. The van der Waals surface area contributed by atoms with Crippen molar-refractivity contribution in [2.24, 2.45) is 0 Å².